The first-order valence-electron chi connectivity index (χ1n) is 12.6. The minimum Gasteiger partial charge on any atom is -0.303 e. The van der Waals surface area contributed by atoms with Crippen molar-refractivity contribution in [1.82, 2.24) is 4.90 Å². The van der Waals surface area contributed by atoms with Gasteiger partial charge >= 0.3 is 0 Å². The maximum Gasteiger partial charge on any atom is 0.0906 e. The summed E-state index contributed by atoms with van der Waals surface area (Å²) in [7, 11) is 0. The third-order valence-electron chi connectivity index (χ3n) is 7.46. The minimum absolute atomic E-state index is 0.210. The summed E-state index contributed by atoms with van der Waals surface area (Å²) in [5, 5.41) is 0.774. The van der Waals surface area contributed by atoms with E-state index in [9.17, 15) is 4.39 Å². The Hall–Kier alpha value is -2.42. The molecule has 176 valence electrons. The van der Waals surface area contributed by atoms with Gasteiger partial charge in [0.05, 0.1) is 6.67 Å². The second kappa shape index (κ2) is 10.5. The Morgan fingerprint density at radius 1 is 0.912 bits per heavy atom. The van der Waals surface area contributed by atoms with Crippen LogP contribution in [0.3, 0.4) is 0 Å². The normalized spacial score (nSPS) is 19.0. The van der Waals surface area contributed by atoms with Gasteiger partial charge in [-0.2, -0.15) is 0 Å². The summed E-state index contributed by atoms with van der Waals surface area (Å²) in [5.74, 6) is 1.14. The number of hydrogen-bond acceptors (Lipinski definition) is 1. The molecule has 1 fully saturated rings. The molecule has 0 radical (unpaired) electrons. The van der Waals surface area contributed by atoms with Gasteiger partial charge in [0.25, 0.3) is 0 Å². The molecule has 1 atom stereocenters. The highest BCUT2D eigenvalue weighted by atomic mass is 35.5. The Morgan fingerprint density at radius 2 is 1.62 bits per heavy atom. The molecule has 1 nitrogen and oxygen atoms in total. The summed E-state index contributed by atoms with van der Waals surface area (Å²) in [6.07, 6.45) is 3.99. The number of benzene rings is 3. The molecule has 0 saturated carbocycles. The number of aryl methyl sites for hydroxylation is 1. The van der Waals surface area contributed by atoms with Gasteiger partial charge in [-0.1, -0.05) is 79.2 Å². The number of nitrogens with zero attached hydrogens (tertiary/aromatic N) is 1. The number of fused-ring (bicyclic) bond motifs is 1. The summed E-state index contributed by atoms with van der Waals surface area (Å²) in [6, 6.07) is 26.5. The SMILES string of the molecule is CC1CCc2ccccc2C(c2ccc(CC3CN(CCCF)C3)cc2)=C1c1ccc(Cl)cc1. The van der Waals surface area contributed by atoms with E-state index in [2.05, 4.69) is 72.5 Å². The van der Waals surface area contributed by atoms with E-state index in [0.29, 0.717) is 18.3 Å². The average Bonchev–Trinajstić information content (AvgIpc) is 2.98. The van der Waals surface area contributed by atoms with E-state index in [-0.39, 0.29) is 6.67 Å². The van der Waals surface area contributed by atoms with Crippen molar-refractivity contribution in [2.45, 2.75) is 32.6 Å². The molecule has 5 rings (SSSR count). The van der Waals surface area contributed by atoms with E-state index in [0.717, 1.165) is 43.9 Å². The quantitative estimate of drug-likeness (QED) is 0.339. The van der Waals surface area contributed by atoms with Gasteiger partial charge in [0.2, 0.25) is 0 Å². The van der Waals surface area contributed by atoms with Gasteiger partial charge in [0.1, 0.15) is 0 Å². The third-order valence-corrected chi connectivity index (χ3v) is 7.71. The predicted octanol–water partition coefficient (Wildman–Crippen LogP) is 7.72. The Kier molecular flexibility index (Phi) is 7.18. The molecule has 0 spiro atoms. The van der Waals surface area contributed by atoms with Crippen LogP contribution in [-0.4, -0.2) is 31.2 Å². The lowest BCUT2D eigenvalue weighted by atomic mass is 9.83. The van der Waals surface area contributed by atoms with Crippen LogP contribution < -0.4 is 0 Å². The fourth-order valence-corrected chi connectivity index (χ4v) is 5.80. The van der Waals surface area contributed by atoms with Crippen molar-refractivity contribution >= 4 is 22.7 Å². The van der Waals surface area contributed by atoms with Crippen LogP contribution in [0.5, 0.6) is 0 Å². The van der Waals surface area contributed by atoms with E-state index in [1.807, 2.05) is 12.1 Å². The molecule has 1 aliphatic carbocycles. The van der Waals surface area contributed by atoms with Gasteiger partial charge in [0.15, 0.2) is 0 Å². The lowest BCUT2D eigenvalue weighted by molar-refractivity contribution is 0.0968. The van der Waals surface area contributed by atoms with Crippen LogP contribution in [0.2, 0.25) is 5.02 Å². The van der Waals surface area contributed by atoms with E-state index in [1.165, 1.54) is 39.0 Å². The first kappa shape index (κ1) is 23.3. The second-order valence-corrected chi connectivity index (χ2v) is 10.4. The van der Waals surface area contributed by atoms with Crippen LogP contribution in [0.25, 0.3) is 11.1 Å². The van der Waals surface area contributed by atoms with E-state index in [4.69, 9.17) is 11.6 Å². The molecule has 1 saturated heterocycles. The third kappa shape index (κ3) is 4.99. The molecule has 1 heterocycles. The lowest BCUT2D eigenvalue weighted by Gasteiger charge is -2.39. The fraction of sp³-hybridized carbons (Fsp3) is 0.355. The monoisotopic (exact) mass is 473 g/mol. The van der Waals surface area contributed by atoms with Gasteiger partial charge < -0.3 is 4.90 Å². The summed E-state index contributed by atoms with van der Waals surface area (Å²) < 4.78 is 12.4. The molecular formula is C31H33ClFN. The van der Waals surface area contributed by atoms with Crippen LogP contribution in [0, 0.1) is 11.8 Å². The highest BCUT2D eigenvalue weighted by Gasteiger charge is 2.27. The number of rotatable bonds is 7. The first-order chi connectivity index (χ1) is 16.6. The number of hydrogen-bond donors (Lipinski definition) is 0. The highest BCUT2D eigenvalue weighted by Crippen LogP contribution is 2.42. The summed E-state index contributed by atoms with van der Waals surface area (Å²) in [6.45, 7) is 5.23. The maximum absolute atomic E-state index is 12.4. The molecule has 3 aromatic rings. The number of alkyl halides is 1. The van der Waals surface area contributed by atoms with Crippen LogP contribution >= 0.6 is 11.6 Å². The van der Waals surface area contributed by atoms with Gasteiger partial charge in [0, 0.05) is 24.7 Å². The standard InChI is InChI=1S/C31H33ClFN/c1-22-7-10-25-5-2-3-6-29(25)31(30(22)26-13-15-28(32)16-14-26)27-11-8-23(9-12-27)19-24-20-34(21-24)18-4-17-33/h2-3,5-6,8-9,11-16,22,24H,4,7,10,17-21H2,1H3. The van der Waals surface area contributed by atoms with E-state index < -0.39 is 0 Å². The Balaban J connectivity index is 1.47. The molecule has 1 aliphatic heterocycles. The molecule has 0 bridgehead atoms. The average molecular weight is 474 g/mol. The van der Waals surface area contributed by atoms with E-state index >= 15 is 0 Å². The van der Waals surface area contributed by atoms with Crippen molar-refractivity contribution in [2.75, 3.05) is 26.3 Å². The minimum atomic E-state index is -0.210. The van der Waals surface area contributed by atoms with Crippen molar-refractivity contribution < 1.29 is 4.39 Å². The smallest absolute Gasteiger partial charge is 0.0906 e. The molecule has 34 heavy (non-hydrogen) atoms. The molecule has 0 amide bonds. The predicted molar refractivity (Wildman–Crippen MR) is 142 cm³/mol. The number of allylic oxidation sites excluding steroid dienone is 1. The van der Waals surface area contributed by atoms with Crippen LogP contribution in [0.4, 0.5) is 4.39 Å². The zero-order valence-corrected chi connectivity index (χ0v) is 20.7. The Labute approximate surface area is 208 Å². The van der Waals surface area contributed by atoms with Crippen molar-refractivity contribution in [3.05, 3.63) is 106 Å². The summed E-state index contributed by atoms with van der Waals surface area (Å²) in [5.41, 5.74) is 9.49. The summed E-state index contributed by atoms with van der Waals surface area (Å²) in [4.78, 5) is 2.37. The molecule has 2 aliphatic rings. The molecular weight excluding hydrogens is 441 g/mol. The molecule has 3 heteroatoms. The maximum atomic E-state index is 12.4. The van der Waals surface area contributed by atoms with Gasteiger partial charge in [-0.25, -0.2) is 0 Å². The molecule has 3 aromatic carbocycles. The number of halogens is 2. The summed E-state index contributed by atoms with van der Waals surface area (Å²) >= 11 is 6.23. The van der Waals surface area contributed by atoms with Gasteiger partial charge in [-0.15, -0.1) is 0 Å². The first-order valence-corrected chi connectivity index (χ1v) is 13.0. The zero-order chi connectivity index (χ0) is 23.5. The van der Waals surface area contributed by atoms with E-state index in [1.54, 1.807) is 0 Å². The second-order valence-electron chi connectivity index (χ2n) is 9.96. The molecule has 0 aromatic heterocycles. The van der Waals surface area contributed by atoms with Crippen LogP contribution in [-0.2, 0) is 12.8 Å². The largest absolute Gasteiger partial charge is 0.303 e. The Morgan fingerprint density at radius 3 is 2.35 bits per heavy atom. The van der Waals surface area contributed by atoms with Crippen molar-refractivity contribution in [1.29, 1.82) is 0 Å². The molecule has 1 unspecified atom stereocenters. The number of likely N-dealkylation sites (tertiary alicyclic amines) is 1. The lowest BCUT2D eigenvalue weighted by Crippen LogP contribution is -2.47. The van der Waals surface area contributed by atoms with Gasteiger partial charge in [-0.3, -0.25) is 4.39 Å². The van der Waals surface area contributed by atoms with Crippen molar-refractivity contribution in [3.63, 3.8) is 0 Å². The van der Waals surface area contributed by atoms with Crippen molar-refractivity contribution in [3.8, 4) is 0 Å². The zero-order valence-electron chi connectivity index (χ0n) is 19.9. The fourth-order valence-electron chi connectivity index (χ4n) is 5.67. The molecule has 0 N–H and O–H groups in total. The topological polar surface area (TPSA) is 3.24 Å². The van der Waals surface area contributed by atoms with Gasteiger partial charge in [-0.05, 0) is 88.6 Å². The van der Waals surface area contributed by atoms with Crippen LogP contribution in [0.15, 0.2) is 72.8 Å². The highest BCUT2D eigenvalue weighted by molar-refractivity contribution is 6.30. The van der Waals surface area contributed by atoms with Crippen LogP contribution in [0.1, 0.15) is 47.6 Å². The Bertz CT molecular complexity index is 1140. The van der Waals surface area contributed by atoms with Crippen molar-refractivity contribution in [2.24, 2.45) is 11.8 Å².